The second kappa shape index (κ2) is 9.35. The Morgan fingerprint density at radius 1 is 1.11 bits per heavy atom. The summed E-state index contributed by atoms with van der Waals surface area (Å²) in [6.45, 7) is -0.304. The SMILES string of the molecule is COc1ccc(C2(C(=O)N3C[C@H](F)C[C@@H]3C(=O)Nc3ccc4c(n3)CC(=O)N4)CCC(F)(F)CC2)cc1. The molecule has 2 fully saturated rings. The molecule has 0 unspecified atom stereocenters. The first-order valence-corrected chi connectivity index (χ1v) is 12.2. The van der Waals surface area contributed by atoms with Crippen molar-refractivity contribution in [2.45, 2.75) is 62.1 Å². The minimum Gasteiger partial charge on any atom is -0.497 e. The molecular formula is C26H27F3N4O4. The minimum atomic E-state index is -2.89. The fraction of sp³-hybridized carbons (Fsp3) is 0.462. The molecule has 1 saturated heterocycles. The Morgan fingerprint density at radius 2 is 1.81 bits per heavy atom. The summed E-state index contributed by atoms with van der Waals surface area (Å²) >= 11 is 0. The number of fused-ring (bicyclic) bond motifs is 1. The van der Waals surface area contributed by atoms with Gasteiger partial charge < -0.3 is 20.3 Å². The van der Waals surface area contributed by atoms with Crippen LogP contribution in [0.5, 0.6) is 5.75 Å². The van der Waals surface area contributed by atoms with Crippen molar-refractivity contribution in [3.63, 3.8) is 0 Å². The van der Waals surface area contributed by atoms with Gasteiger partial charge in [-0.2, -0.15) is 0 Å². The number of nitrogens with one attached hydrogen (secondary N) is 2. The third-order valence-corrected chi connectivity index (χ3v) is 7.53. The molecule has 1 saturated carbocycles. The van der Waals surface area contributed by atoms with Crippen LogP contribution in [0.1, 0.15) is 43.4 Å². The highest BCUT2D eigenvalue weighted by Gasteiger charge is 2.53. The van der Waals surface area contributed by atoms with Gasteiger partial charge >= 0.3 is 0 Å². The van der Waals surface area contributed by atoms with Crippen LogP contribution in [0.15, 0.2) is 36.4 Å². The van der Waals surface area contributed by atoms with E-state index in [4.69, 9.17) is 4.74 Å². The lowest BCUT2D eigenvalue weighted by Crippen LogP contribution is -2.54. The quantitative estimate of drug-likeness (QED) is 0.633. The first-order valence-electron chi connectivity index (χ1n) is 12.2. The molecule has 3 aliphatic rings. The van der Waals surface area contributed by atoms with E-state index in [1.807, 2.05) is 0 Å². The number of pyridine rings is 1. The third kappa shape index (κ3) is 4.74. The van der Waals surface area contributed by atoms with Gasteiger partial charge in [0, 0.05) is 19.3 Å². The van der Waals surface area contributed by atoms with Crippen LogP contribution in [0.3, 0.4) is 0 Å². The number of hydrogen-bond donors (Lipinski definition) is 2. The Balaban J connectivity index is 1.41. The Kier molecular flexibility index (Phi) is 6.33. The van der Waals surface area contributed by atoms with Gasteiger partial charge in [-0.25, -0.2) is 18.2 Å². The van der Waals surface area contributed by atoms with E-state index in [0.29, 0.717) is 22.7 Å². The molecule has 8 nitrogen and oxygen atoms in total. The summed E-state index contributed by atoms with van der Waals surface area (Å²) < 4.78 is 48.1. The van der Waals surface area contributed by atoms with Crippen LogP contribution in [-0.4, -0.2) is 59.4 Å². The first kappa shape index (κ1) is 25.0. The van der Waals surface area contributed by atoms with Crippen molar-refractivity contribution < 1.29 is 32.3 Å². The summed E-state index contributed by atoms with van der Waals surface area (Å²) in [7, 11) is 1.50. The molecule has 3 amide bonds. The Labute approximate surface area is 211 Å². The molecule has 2 N–H and O–H groups in total. The highest BCUT2D eigenvalue weighted by Crippen LogP contribution is 2.47. The predicted octanol–water partition coefficient (Wildman–Crippen LogP) is 3.61. The number of likely N-dealkylation sites (tertiary alicyclic amines) is 1. The topological polar surface area (TPSA) is 101 Å². The molecular weight excluding hydrogens is 489 g/mol. The molecule has 1 aromatic heterocycles. The van der Waals surface area contributed by atoms with Crippen molar-refractivity contribution in [3.8, 4) is 5.75 Å². The number of nitrogens with zero attached hydrogens (tertiary/aromatic N) is 2. The zero-order chi connectivity index (χ0) is 26.4. The number of anilines is 2. The summed E-state index contributed by atoms with van der Waals surface area (Å²) in [5, 5.41) is 5.28. The minimum absolute atomic E-state index is 0.0780. The molecule has 3 heterocycles. The fourth-order valence-electron chi connectivity index (χ4n) is 5.49. The number of hydrogen-bond acceptors (Lipinski definition) is 5. The van der Waals surface area contributed by atoms with Crippen LogP contribution < -0.4 is 15.4 Å². The molecule has 2 atom stereocenters. The number of methoxy groups -OCH3 is 1. The number of rotatable bonds is 5. The predicted molar refractivity (Wildman–Crippen MR) is 128 cm³/mol. The summed E-state index contributed by atoms with van der Waals surface area (Å²) in [6, 6.07) is 8.64. The maximum atomic E-state index is 14.7. The number of amides is 3. The van der Waals surface area contributed by atoms with Gasteiger partial charge in [-0.05, 0) is 42.7 Å². The lowest BCUT2D eigenvalue weighted by Gasteiger charge is -2.42. The van der Waals surface area contributed by atoms with E-state index in [1.165, 1.54) is 18.1 Å². The normalized spacial score (nSPS) is 23.8. The lowest BCUT2D eigenvalue weighted by atomic mass is 9.67. The number of aromatic nitrogens is 1. The van der Waals surface area contributed by atoms with Crippen molar-refractivity contribution in [1.29, 1.82) is 0 Å². The third-order valence-electron chi connectivity index (χ3n) is 7.53. The molecule has 1 aliphatic carbocycles. The number of carbonyl (C=O) groups is 3. The van der Waals surface area contributed by atoms with Crippen molar-refractivity contribution in [2.75, 3.05) is 24.3 Å². The van der Waals surface area contributed by atoms with Gasteiger partial charge in [-0.15, -0.1) is 0 Å². The molecule has 1 aromatic carbocycles. The van der Waals surface area contributed by atoms with E-state index in [-0.39, 0.29) is 44.0 Å². The monoisotopic (exact) mass is 516 g/mol. The van der Waals surface area contributed by atoms with Gasteiger partial charge in [0.15, 0.2) is 0 Å². The van der Waals surface area contributed by atoms with Gasteiger partial charge in [0.05, 0.1) is 36.9 Å². The van der Waals surface area contributed by atoms with Gasteiger partial charge in [0.1, 0.15) is 23.8 Å². The van der Waals surface area contributed by atoms with Gasteiger partial charge in [0.2, 0.25) is 23.6 Å². The summed E-state index contributed by atoms with van der Waals surface area (Å²) in [5.41, 5.74) is 0.258. The van der Waals surface area contributed by atoms with Gasteiger partial charge in [-0.1, -0.05) is 12.1 Å². The summed E-state index contributed by atoms with van der Waals surface area (Å²) in [4.78, 5) is 44.3. The number of ether oxygens (including phenoxy) is 1. The fourth-order valence-corrected chi connectivity index (χ4v) is 5.49. The molecule has 37 heavy (non-hydrogen) atoms. The smallest absolute Gasteiger partial charge is 0.248 e. The second-order valence-corrected chi connectivity index (χ2v) is 9.88. The zero-order valence-corrected chi connectivity index (χ0v) is 20.2. The molecule has 0 radical (unpaired) electrons. The molecule has 196 valence electrons. The second-order valence-electron chi connectivity index (χ2n) is 9.88. The number of alkyl halides is 3. The van der Waals surface area contributed by atoms with E-state index in [2.05, 4.69) is 15.6 Å². The Morgan fingerprint density at radius 3 is 2.49 bits per heavy atom. The van der Waals surface area contributed by atoms with E-state index >= 15 is 0 Å². The van der Waals surface area contributed by atoms with E-state index in [0.717, 1.165) is 0 Å². The highest BCUT2D eigenvalue weighted by atomic mass is 19.3. The largest absolute Gasteiger partial charge is 0.497 e. The molecule has 11 heteroatoms. The van der Waals surface area contributed by atoms with Gasteiger partial charge in [-0.3, -0.25) is 14.4 Å². The average Bonchev–Trinajstić information content (AvgIpc) is 3.45. The standard InChI is InChI=1S/C26H27F3N4O4/c1-37-17-4-2-15(3-5-17)25(8-10-26(28,29)11-9-25)24(36)33-14-16(27)12-20(33)23(35)32-21-7-6-18-19(30-21)13-22(34)31-18/h2-7,16,20H,8-14H2,1H3,(H,31,34)(H,30,32,35)/t16-,20-/m1/s1. The van der Waals surface area contributed by atoms with Crippen molar-refractivity contribution in [3.05, 3.63) is 47.7 Å². The first-order chi connectivity index (χ1) is 17.6. The summed E-state index contributed by atoms with van der Waals surface area (Å²) in [5.74, 6) is -3.53. The molecule has 5 rings (SSSR count). The number of halogens is 3. The molecule has 2 aliphatic heterocycles. The van der Waals surface area contributed by atoms with Crippen LogP contribution in [-0.2, 0) is 26.2 Å². The molecule has 2 aromatic rings. The van der Waals surface area contributed by atoms with Crippen LogP contribution in [0, 0.1) is 0 Å². The average molecular weight is 517 g/mol. The summed E-state index contributed by atoms with van der Waals surface area (Å²) in [6.07, 6.45) is -2.79. The zero-order valence-electron chi connectivity index (χ0n) is 20.2. The van der Waals surface area contributed by atoms with Crippen molar-refractivity contribution in [2.24, 2.45) is 0 Å². The van der Waals surface area contributed by atoms with Crippen molar-refractivity contribution >= 4 is 29.2 Å². The van der Waals surface area contributed by atoms with E-state index in [1.54, 1.807) is 30.3 Å². The highest BCUT2D eigenvalue weighted by molar-refractivity contribution is 6.01. The molecule has 0 bridgehead atoms. The lowest BCUT2D eigenvalue weighted by molar-refractivity contribution is -0.146. The van der Waals surface area contributed by atoms with Gasteiger partial charge in [0.25, 0.3) is 0 Å². The van der Waals surface area contributed by atoms with E-state index in [9.17, 15) is 27.6 Å². The van der Waals surface area contributed by atoms with E-state index < -0.39 is 48.2 Å². The number of benzene rings is 1. The number of carbonyl (C=O) groups excluding carboxylic acids is 3. The Bertz CT molecular complexity index is 1230. The van der Waals surface area contributed by atoms with Crippen LogP contribution in [0.4, 0.5) is 24.7 Å². The van der Waals surface area contributed by atoms with Crippen LogP contribution in [0.2, 0.25) is 0 Å². The molecule has 0 spiro atoms. The van der Waals surface area contributed by atoms with Crippen LogP contribution in [0.25, 0.3) is 0 Å². The maximum absolute atomic E-state index is 14.7. The maximum Gasteiger partial charge on any atom is 0.248 e. The van der Waals surface area contributed by atoms with Crippen LogP contribution >= 0.6 is 0 Å². The van der Waals surface area contributed by atoms with Crippen molar-refractivity contribution in [1.82, 2.24) is 9.88 Å². The Hall–Kier alpha value is -3.63.